The van der Waals surface area contributed by atoms with E-state index in [2.05, 4.69) is 22.1 Å². The molecule has 2 aromatic rings. The highest BCUT2D eigenvalue weighted by Crippen LogP contribution is 2.17. The van der Waals surface area contributed by atoms with Crippen LogP contribution in [0.15, 0.2) is 66.5 Å². The van der Waals surface area contributed by atoms with Crippen molar-refractivity contribution in [3.63, 3.8) is 0 Å². The minimum absolute atomic E-state index is 0.337. The molecule has 5 heteroatoms. The Bertz CT molecular complexity index is 639. The van der Waals surface area contributed by atoms with Gasteiger partial charge in [-0.2, -0.15) is 5.10 Å². The number of para-hydroxylation sites is 1. The highest BCUT2D eigenvalue weighted by molar-refractivity contribution is 5.97. The first kappa shape index (κ1) is 14.5. The topological polar surface area (TPSA) is 63.6 Å². The lowest BCUT2D eigenvalue weighted by Gasteiger charge is -2.08. The summed E-state index contributed by atoms with van der Waals surface area (Å²) in [6.07, 6.45) is 6.47. The van der Waals surface area contributed by atoms with Gasteiger partial charge in [0.05, 0.1) is 11.8 Å². The third kappa shape index (κ3) is 4.28. The average molecular weight is 281 g/mol. The zero-order chi connectivity index (χ0) is 14.9. The van der Waals surface area contributed by atoms with Gasteiger partial charge in [0, 0.05) is 18.0 Å². The molecule has 1 aromatic heterocycles. The molecule has 0 aliphatic heterocycles. The molecule has 1 heterocycles. The molecule has 0 spiro atoms. The number of nitrogens with one attached hydrogen (secondary N) is 1. The van der Waals surface area contributed by atoms with Gasteiger partial charge in [-0.15, -0.1) is 0 Å². The van der Waals surface area contributed by atoms with E-state index in [-0.39, 0.29) is 5.91 Å². The van der Waals surface area contributed by atoms with Crippen LogP contribution in [0.25, 0.3) is 0 Å². The van der Waals surface area contributed by atoms with Crippen molar-refractivity contribution in [3.05, 3.63) is 72.6 Å². The molecule has 0 bridgehead atoms. The summed E-state index contributed by atoms with van der Waals surface area (Å²) in [5, 5.41) is 3.90. The minimum atomic E-state index is -0.338. The summed E-state index contributed by atoms with van der Waals surface area (Å²) in [6, 6.07) is 10.6. The third-order valence-electron chi connectivity index (χ3n) is 2.55. The molecule has 106 valence electrons. The van der Waals surface area contributed by atoms with Crippen LogP contribution in [0.2, 0.25) is 0 Å². The largest absolute Gasteiger partial charge is 0.489 e. The zero-order valence-electron chi connectivity index (χ0n) is 11.4. The zero-order valence-corrected chi connectivity index (χ0v) is 11.4. The van der Waals surface area contributed by atoms with E-state index >= 15 is 0 Å². The van der Waals surface area contributed by atoms with Crippen molar-refractivity contribution >= 4 is 12.1 Å². The van der Waals surface area contributed by atoms with E-state index in [0.717, 1.165) is 5.56 Å². The number of pyridine rings is 1. The van der Waals surface area contributed by atoms with Crippen molar-refractivity contribution in [2.24, 2.45) is 5.10 Å². The van der Waals surface area contributed by atoms with Crippen LogP contribution in [0, 0.1) is 0 Å². The quantitative estimate of drug-likeness (QED) is 0.502. The number of hydrazone groups is 1. The number of benzene rings is 1. The fourth-order valence-electron chi connectivity index (χ4n) is 1.61. The highest BCUT2D eigenvalue weighted by Gasteiger charge is 2.10. The molecule has 0 atom stereocenters. The Kier molecular flexibility index (Phi) is 5.23. The smallest absolute Gasteiger partial charge is 0.275 e. The van der Waals surface area contributed by atoms with Crippen LogP contribution in [0.3, 0.4) is 0 Å². The Morgan fingerprint density at radius 2 is 2.19 bits per heavy atom. The van der Waals surface area contributed by atoms with Gasteiger partial charge in [-0.25, -0.2) is 5.43 Å². The molecule has 21 heavy (non-hydrogen) atoms. The predicted molar refractivity (Wildman–Crippen MR) is 81.4 cm³/mol. The molecule has 5 nitrogen and oxygen atoms in total. The molecule has 2 rings (SSSR count). The molecule has 0 saturated heterocycles. The summed E-state index contributed by atoms with van der Waals surface area (Å²) in [6.45, 7) is 3.92. The van der Waals surface area contributed by atoms with Crippen molar-refractivity contribution < 1.29 is 9.53 Å². The maximum atomic E-state index is 12.1. The summed E-state index contributed by atoms with van der Waals surface area (Å²) in [7, 11) is 0. The summed E-state index contributed by atoms with van der Waals surface area (Å²) >= 11 is 0. The number of carbonyl (C=O) groups is 1. The number of amides is 1. The minimum Gasteiger partial charge on any atom is -0.489 e. The summed E-state index contributed by atoms with van der Waals surface area (Å²) in [5.74, 6) is 0.154. The van der Waals surface area contributed by atoms with Crippen molar-refractivity contribution in [1.82, 2.24) is 10.4 Å². The van der Waals surface area contributed by atoms with Gasteiger partial charge in [0.2, 0.25) is 0 Å². The van der Waals surface area contributed by atoms with Crippen LogP contribution in [0.1, 0.15) is 15.9 Å². The van der Waals surface area contributed by atoms with E-state index in [4.69, 9.17) is 4.74 Å². The number of ether oxygens (including phenoxy) is 1. The maximum Gasteiger partial charge on any atom is 0.275 e. The van der Waals surface area contributed by atoms with Crippen molar-refractivity contribution in [1.29, 1.82) is 0 Å². The molecule has 0 unspecified atom stereocenters. The summed E-state index contributed by atoms with van der Waals surface area (Å²) in [5.41, 5.74) is 3.68. The van der Waals surface area contributed by atoms with E-state index in [1.54, 1.807) is 48.8 Å². The fourth-order valence-corrected chi connectivity index (χ4v) is 1.61. The second-order valence-electron chi connectivity index (χ2n) is 4.08. The van der Waals surface area contributed by atoms with Crippen LogP contribution in [-0.2, 0) is 0 Å². The van der Waals surface area contributed by atoms with Gasteiger partial charge in [0.15, 0.2) is 0 Å². The van der Waals surface area contributed by atoms with Gasteiger partial charge in [-0.1, -0.05) is 30.9 Å². The molecular weight excluding hydrogens is 266 g/mol. The lowest BCUT2D eigenvalue weighted by atomic mass is 10.2. The van der Waals surface area contributed by atoms with Gasteiger partial charge < -0.3 is 4.74 Å². The fraction of sp³-hybridized carbons (Fsp3) is 0.0625. The molecule has 1 N–H and O–H groups in total. The first-order chi connectivity index (χ1) is 10.3. The Hall–Kier alpha value is -2.95. The van der Waals surface area contributed by atoms with Crippen LogP contribution in [-0.4, -0.2) is 23.7 Å². The SMILES string of the molecule is C=CCOc1ccccc1C(=O)NN=Cc1cccnc1. The number of hydrogen-bond donors (Lipinski definition) is 1. The molecule has 0 fully saturated rings. The lowest BCUT2D eigenvalue weighted by molar-refractivity contribution is 0.0951. The second-order valence-corrected chi connectivity index (χ2v) is 4.08. The van der Waals surface area contributed by atoms with Crippen molar-refractivity contribution in [3.8, 4) is 5.75 Å². The Balaban J connectivity index is 2.03. The number of aromatic nitrogens is 1. The predicted octanol–water partition coefficient (Wildman–Crippen LogP) is 2.41. The number of rotatable bonds is 6. The molecular formula is C16H15N3O2. The summed E-state index contributed by atoms with van der Waals surface area (Å²) in [4.78, 5) is 16.0. The Morgan fingerprint density at radius 3 is 2.95 bits per heavy atom. The first-order valence-corrected chi connectivity index (χ1v) is 6.37. The van der Waals surface area contributed by atoms with Crippen LogP contribution >= 0.6 is 0 Å². The molecule has 0 saturated carbocycles. The van der Waals surface area contributed by atoms with Gasteiger partial charge >= 0.3 is 0 Å². The van der Waals surface area contributed by atoms with Gasteiger partial charge in [0.1, 0.15) is 12.4 Å². The van der Waals surface area contributed by atoms with E-state index < -0.39 is 0 Å². The lowest BCUT2D eigenvalue weighted by Crippen LogP contribution is -2.18. The first-order valence-electron chi connectivity index (χ1n) is 6.37. The van der Waals surface area contributed by atoms with Crippen LogP contribution < -0.4 is 10.2 Å². The van der Waals surface area contributed by atoms with E-state index in [0.29, 0.717) is 17.9 Å². The van der Waals surface area contributed by atoms with Gasteiger partial charge in [-0.05, 0) is 18.2 Å². The number of nitrogens with zero attached hydrogens (tertiary/aromatic N) is 2. The second kappa shape index (κ2) is 7.59. The number of hydrogen-bond acceptors (Lipinski definition) is 4. The van der Waals surface area contributed by atoms with Crippen LogP contribution in [0.5, 0.6) is 5.75 Å². The van der Waals surface area contributed by atoms with Gasteiger partial charge in [0.25, 0.3) is 5.91 Å². The average Bonchev–Trinajstić information content (AvgIpc) is 2.54. The van der Waals surface area contributed by atoms with Crippen LogP contribution in [0.4, 0.5) is 0 Å². The van der Waals surface area contributed by atoms with E-state index in [9.17, 15) is 4.79 Å². The third-order valence-corrected chi connectivity index (χ3v) is 2.55. The van der Waals surface area contributed by atoms with E-state index in [1.165, 1.54) is 6.21 Å². The Morgan fingerprint density at radius 1 is 1.33 bits per heavy atom. The van der Waals surface area contributed by atoms with Gasteiger partial charge in [-0.3, -0.25) is 9.78 Å². The normalized spacial score (nSPS) is 10.3. The molecule has 1 aromatic carbocycles. The standard InChI is InChI=1S/C16H15N3O2/c1-2-10-21-15-8-4-3-7-14(15)16(20)19-18-12-13-6-5-9-17-11-13/h2-9,11-12H,1,10H2,(H,19,20). The molecule has 0 radical (unpaired) electrons. The van der Waals surface area contributed by atoms with Crippen molar-refractivity contribution in [2.45, 2.75) is 0 Å². The molecule has 0 aliphatic carbocycles. The number of carbonyl (C=O) groups excluding carboxylic acids is 1. The molecule has 0 aliphatic rings. The van der Waals surface area contributed by atoms with Crippen molar-refractivity contribution in [2.75, 3.05) is 6.61 Å². The monoisotopic (exact) mass is 281 g/mol. The molecule has 1 amide bonds. The highest BCUT2D eigenvalue weighted by atomic mass is 16.5. The maximum absolute atomic E-state index is 12.1. The Labute approximate surface area is 123 Å². The van der Waals surface area contributed by atoms with E-state index in [1.807, 2.05) is 6.07 Å². The summed E-state index contributed by atoms with van der Waals surface area (Å²) < 4.78 is 5.43.